The second-order valence-corrected chi connectivity index (χ2v) is 4.83. The van der Waals surface area contributed by atoms with Crippen LogP contribution in [0.3, 0.4) is 0 Å². The van der Waals surface area contributed by atoms with Crippen LogP contribution < -0.4 is 10.1 Å². The first-order valence-electron chi connectivity index (χ1n) is 6.74. The number of ether oxygens (including phenoxy) is 1. The van der Waals surface area contributed by atoms with E-state index in [9.17, 15) is 10.1 Å². The van der Waals surface area contributed by atoms with Gasteiger partial charge in [-0.05, 0) is 49.2 Å². The van der Waals surface area contributed by atoms with Gasteiger partial charge in [-0.25, -0.2) is 0 Å². The van der Waals surface area contributed by atoms with Gasteiger partial charge >= 0.3 is 0 Å². The summed E-state index contributed by atoms with van der Waals surface area (Å²) in [7, 11) is 0. The Morgan fingerprint density at radius 3 is 2.43 bits per heavy atom. The molecule has 0 amide bonds. The maximum absolute atomic E-state index is 10.5. The lowest BCUT2D eigenvalue weighted by atomic mass is 10.1. The van der Waals surface area contributed by atoms with Crippen LogP contribution in [0.15, 0.2) is 42.5 Å². The molecule has 0 atom stereocenters. The van der Waals surface area contributed by atoms with Crippen LogP contribution in [0.5, 0.6) is 5.75 Å². The van der Waals surface area contributed by atoms with Gasteiger partial charge in [0.05, 0.1) is 4.92 Å². The molecule has 0 spiro atoms. The van der Waals surface area contributed by atoms with Gasteiger partial charge in [0, 0.05) is 24.4 Å². The van der Waals surface area contributed by atoms with Gasteiger partial charge in [-0.3, -0.25) is 10.1 Å². The van der Waals surface area contributed by atoms with Gasteiger partial charge in [0.15, 0.2) is 0 Å². The third kappa shape index (κ3) is 4.21. The molecule has 2 aromatic rings. The molecule has 21 heavy (non-hydrogen) atoms. The fourth-order valence-corrected chi connectivity index (χ4v) is 1.88. The van der Waals surface area contributed by atoms with Crippen LogP contribution >= 0.6 is 0 Å². The van der Waals surface area contributed by atoms with E-state index in [2.05, 4.69) is 31.3 Å². The first kappa shape index (κ1) is 14.8. The van der Waals surface area contributed by atoms with Crippen molar-refractivity contribution < 1.29 is 9.66 Å². The Bertz CT molecular complexity index is 624. The summed E-state index contributed by atoms with van der Waals surface area (Å²) in [5.74, 6) is 0.627. The van der Waals surface area contributed by atoms with E-state index in [4.69, 9.17) is 4.74 Å². The summed E-state index contributed by atoms with van der Waals surface area (Å²) in [6.45, 7) is 5.31. The first-order chi connectivity index (χ1) is 10.1. The maximum atomic E-state index is 10.5. The van der Waals surface area contributed by atoms with Crippen LogP contribution in [0.4, 0.5) is 11.4 Å². The Morgan fingerprint density at radius 1 is 1.10 bits per heavy atom. The Balaban J connectivity index is 1.79. The minimum Gasteiger partial charge on any atom is -0.492 e. The molecule has 0 aromatic heterocycles. The molecule has 2 rings (SSSR count). The Kier molecular flexibility index (Phi) is 4.77. The minimum atomic E-state index is -0.426. The van der Waals surface area contributed by atoms with E-state index in [-0.39, 0.29) is 5.69 Å². The van der Waals surface area contributed by atoms with Gasteiger partial charge in [0.25, 0.3) is 5.69 Å². The van der Waals surface area contributed by atoms with Gasteiger partial charge in [0.2, 0.25) is 0 Å². The minimum absolute atomic E-state index is 0.0654. The van der Waals surface area contributed by atoms with Gasteiger partial charge in [-0.2, -0.15) is 0 Å². The van der Waals surface area contributed by atoms with Crippen molar-refractivity contribution in [3.05, 3.63) is 63.7 Å². The maximum Gasteiger partial charge on any atom is 0.269 e. The number of rotatable bonds is 6. The highest BCUT2D eigenvalue weighted by Crippen LogP contribution is 2.17. The summed E-state index contributed by atoms with van der Waals surface area (Å²) in [6.07, 6.45) is 0. The lowest BCUT2D eigenvalue weighted by Crippen LogP contribution is -2.11. The van der Waals surface area contributed by atoms with Crippen molar-refractivity contribution >= 4 is 11.4 Å². The quantitative estimate of drug-likeness (QED) is 0.499. The van der Waals surface area contributed by atoms with Crippen molar-refractivity contribution in [2.45, 2.75) is 13.8 Å². The molecule has 0 bridgehead atoms. The molecule has 0 fully saturated rings. The van der Waals surface area contributed by atoms with Crippen molar-refractivity contribution in [3.63, 3.8) is 0 Å². The molecule has 5 heteroatoms. The molecule has 0 aliphatic heterocycles. The van der Waals surface area contributed by atoms with E-state index in [0.29, 0.717) is 18.9 Å². The number of anilines is 1. The first-order valence-corrected chi connectivity index (χ1v) is 6.74. The van der Waals surface area contributed by atoms with Crippen molar-refractivity contribution in [3.8, 4) is 5.75 Å². The molecule has 0 unspecified atom stereocenters. The molecular formula is C16H18N2O3. The number of nitrogens with zero attached hydrogens (tertiary/aromatic N) is 1. The lowest BCUT2D eigenvalue weighted by molar-refractivity contribution is -0.384. The normalized spacial score (nSPS) is 10.2. The van der Waals surface area contributed by atoms with Gasteiger partial charge < -0.3 is 10.1 Å². The van der Waals surface area contributed by atoms with Crippen molar-refractivity contribution in [2.75, 3.05) is 18.5 Å². The molecule has 0 saturated carbocycles. The molecule has 0 heterocycles. The summed E-state index contributed by atoms with van der Waals surface area (Å²) in [4.78, 5) is 10.1. The van der Waals surface area contributed by atoms with Crippen LogP contribution in [0, 0.1) is 24.0 Å². The van der Waals surface area contributed by atoms with Gasteiger partial charge in [0.1, 0.15) is 12.4 Å². The zero-order chi connectivity index (χ0) is 15.2. The van der Waals surface area contributed by atoms with E-state index >= 15 is 0 Å². The number of nitrogens with one attached hydrogen (secondary N) is 1. The second kappa shape index (κ2) is 6.74. The number of hydrogen-bond acceptors (Lipinski definition) is 4. The van der Waals surface area contributed by atoms with Gasteiger partial charge in [-0.15, -0.1) is 0 Å². The molecular weight excluding hydrogens is 268 g/mol. The number of nitro groups is 1. The van der Waals surface area contributed by atoms with Crippen LogP contribution in [0.25, 0.3) is 0 Å². The lowest BCUT2D eigenvalue weighted by Gasteiger charge is -2.10. The van der Waals surface area contributed by atoms with E-state index < -0.39 is 4.92 Å². The fraction of sp³-hybridized carbons (Fsp3) is 0.250. The molecule has 0 saturated heterocycles. The fourth-order valence-electron chi connectivity index (χ4n) is 1.88. The van der Waals surface area contributed by atoms with E-state index in [1.807, 2.05) is 6.07 Å². The number of hydrogen-bond donors (Lipinski definition) is 1. The third-order valence-electron chi connectivity index (χ3n) is 3.25. The summed E-state index contributed by atoms with van der Waals surface area (Å²) in [5.41, 5.74) is 3.64. The third-order valence-corrected chi connectivity index (χ3v) is 3.25. The van der Waals surface area contributed by atoms with Crippen molar-refractivity contribution in [1.82, 2.24) is 0 Å². The predicted molar refractivity (Wildman–Crippen MR) is 83.0 cm³/mol. The number of non-ortho nitro benzene ring substituents is 1. The molecule has 1 N–H and O–H groups in total. The topological polar surface area (TPSA) is 64.4 Å². The number of nitro benzene ring substituents is 1. The summed E-state index contributed by atoms with van der Waals surface area (Å²) in [6, 6.07) is 12.3. The Labute approximate surface area is 123 Å². The van der Waals surface area contributed by atoms with Crippen LogP contribution in [-0.2, 0) is 0 Å². The largest absolute Gasteiger partial charge is 0.492 e. The monoisotopic (exact) mass is 286 g/mol. The number of benzene rings is 2. The zero-order valence-corrected chi connectivity index (χ0v) is 12.1. The second-order valence-electron chi connectivity index (χ2n) is 4.83. The van der Waals surface area contributed by atoms with Crippen LogP contribution in [0.1, 0.15) is 11.1 Å². The zero-order valence-electron chi connectivity index (χ0n) is 12.1. The summed E-state index contributed by atoms with van der Waals surface area (Å²) < 4.78 is 5.53. The average molecular weight is 286 g/mol. The van der Waals surface area contributed by atoms with Crippen molar-refractivity contribution in [1.29, 1.82) is 0 Å². The summed E-state index contributed by atoms with van der Waals surface area (Å²) >= 11 is 0. The van der Waals surface area contributed by atoms with Crippen molar-refractivity contribution in [2.24, 2.45) is 0 Å². The smallest absolute Gasteiger partial charge is 0.269 e. The summed E-state index contributed by atoms with van der Waals surface area (Å²) in [5, 5.41) is 13.8. The molecule has 5 nitrogen and oxygen atoms in total. The standard InChI is InChI=1S/C16H18N2O3/c1-12-3-4-14(11-13(12)2)17-9-10-21-16-7-5-15(6-8-16)18(19)20/h3-8,11,17H,9-10H2,1-2H3. The van der Waals surface area contributed by atoms with Crippen LogP contribution in [0.2, 0.25) is 0 Å². The van der Waals surface area contributed by atoms with E-state index in [1.54, 1.807) is 12.1 Å². The predicted octanol–water partition coefficient (Wildman–Crippen LogP) is 3.70. The highest BCUT2D eigenvalue weighted by atomic mass is 16.6. The van der Waals surface area contributed by atoms with Crippen LogP contribution in [-0.4, -0.2) is 18.1 Å². The Morgan fingerprint density at radius 2 is 1.81 bits per heavy atom. The molecule has 110 valence electrons. The highest BCUT2D eigenvalue weighted by molar-refractivity contribution is 5.48. The SMILES string of the molecule is Cc1ccc(NCCOc2ccc([N+](=O)[O-])cc2)cc1C. The molecule has 2 aromatic carbocycles. The molecule has 0 aliphatic carbocycles. The number of aryl methyl sites for hydroxylation is 2. The average Bonchev–Trinajstić information content (AvgIpc) is 2.47. The van der Waals surface area contributed by atoms with E-state index in [1.165, 1.54) is 23.3 Å². The molecule has 0 aliphatic rings. The van der Waals surface area contributed by atoms with E-state index in [0.717, 1.165) is 5.69 Å². The van der Waals surface area contributed by atoms with Gasteiger partial charge in [-0.1, -0.05) is 6.07 Å². The Hall–Kier alpha value is -2.56. The molecule has 0 radical (unpaired) electrons. The highest BCUT2D eigenvalue weighted by Gasteiger charge is 2.04.